The number of carbonyl (C=O) groups excluding carboxylic acids is 3. The topological polar surface area (TPSA) is 78.9 Å². The number of hydrogen-bond acceptors (Lipinski definition) is 6. The van der Waals surface area contributed by atoms with E-state index in [2.05, 4.69) is 106 Å². The Kier molecular flexibility index (Phi) is 49.4. The van der Waals surface area contributed by atoms with Crippen molar-refractivity contribution in [1.29, 1.82) is 0 Å². The summed E-state index contributed by atoms with van der Waals surface area (Å²) >= 11 is 0. The molecule has 0 radical (unpaired) electrons. The van der Waals surface area contributed by atoms with E-state index in [1.165, 1.54) is 96.3 Å². The number of unbranched alkanes of at least 4 members (excludes halogenated alkanes) is 22. The maximum atomic E-state index is 12.7. The number of esters is 3. The van der Waals surface area contributed by atoms with Crippen molar-refractivity contribution in [3.63, 3.8) is 0 Å². The van der Waals surface area contributed by atoms with Crippen LogP contribution in [0.3, 0.4) is 0 Å². The minimum Gasteiger partial charge on any atom is -0.462 e. The fourth-order valence-electron chi connectivity index (χ4n) is 7.21. The van der Waals surface area contributed by atoms with Crippen LogP contribution in [0.15, 0.2) is 85.1 Å². The van der Waals surface area contributed by atoms with Gasteiger partial charge in [0.1, 0.15) is 13.2 Å². The van der Waals surface area contributed by atoms with Gasteiger partial charge in [0, 0.05) is 19.3 Å². The normalized spacial score (nSPS) is 12.7. The van der Waals surface area contributed by atoms with E-state index in [0.29, 0.717) is 19.3 Å². The quantitative estimate of drug-likeness (QED) is 0.0262. The molecule has 0 aromatic rings. The van der Waals surface area contributed by atoms with E-state index in [9.17, 15) is 14.4 Å². The highest BCUT2D eigenvalue weighted by Gasteiger charge is 2.19. The van der Waals surface area contributed by atoms with Gasteiger partial charge in [-0.2, -0.15) is 0 Å². The second-order valence-electron chi connectivity index (χ2n) is 17.4. The number of ether oxygens (including phenoxy) is 3. The lowest BCUT2D eigenvalue weighted by Gasteiger charge is -2.18. The van der Waals surface area contributed by atoms with E-state index >= 15 is 0 Å². The zero-order valence-corrected chi connectivity index (χ0v) is 41.8. The molecule has 6 heteroatoms. The standard InChI is InChI=1S/C58H98O6/c1-4-7-10-13-16-19-21-23-24-25-26-27-28-29-30-31-32-33-34-36-37-39-42-45-48-51-57(60)63-54-55(53-62-56(59)50-47-44-41-18-15-12-9-6-3)64-58(61)52-49-46-43-40-38-35-22-20-17-14-11-8-5-2/h7-8,10-11,16-17,19-20,23-24,26-27,35,38,55H,4-6,9,12-15,18,21-22,25,28-34,36-37,39-54H2,1-3H3/b10-7-,11-8-,19-16-,20-17-,24-23-,27-26-,38-35-. The predicted molar refractivity (Wildman–Crippen MR) is 274 cm³/mol. The van der Waals surface area contributed by atoms with Crippen molar-refractivity contribution in [2.75, 3.05) is 13.2 Å². The molecular formula is C58H98O6. The predicted octanol–water partition coefficient (Wildman–Crippen LogP) is 17.6. The van der Waals surface area contributed by atoms with Crippen LogP contribution in [0, 0.1) is 0 Å². The molecule has 0 spiro atoms. The molecule has 64 heavy (non-hydrogen) atoms. The molecule has 1 atom stereocenters. The van der Waals surface area contributed by atoms with Gasteiger partial charge in [-0.25, -0.2) is 0 Å². The summed E-state index contributed by atoms with van der Waals surface area (Å²) in [5, 5.41) is 0. The Morgan fingerprint density at radius 3 is 0.969 bits per heavy atom. The van der Waals surface area contributed by atoms with Crippen molar-refractivity contribution in [2.24, 2.45) is 0 Å². The number of allylic oxidation sites excluding steroid dienone is 14. The summed E-state index contributed by atoms with van der Waals surface area (Å²) in [6.07, 6.45) is 67.3. The van der Waals surface area contributed by atoms with E-state index in [4.69, 9.17) is 14.2 Å². The third-order valence-corrected chi connectivity index (χ3v) is 11.1. The van der Waals surface area contributed by atoms with Crippen molar-refractivity contribution in [3.8, 4) is 0 Å². The third kappa shape index (κ3) is 49.6. The van der Waals surface area contributed by atoms with E-state index < -0.39 is 6.10 Å². The zero-order valence-electron chi connectivity index (χ0n) is 41.8. The molecule has 0 heterocycles. The molecule has 0 saturated heterocycles. The van der Waals surface area contributed by atoms with Crippen LogP contribution in [-0.2, 0) is 28.6 Å². The summed E-state index contributed by atoms with van der Waals surface area (Å²) in [4.78, 5) is 37.8. The van der Waals surface area contributed by atoms with Gasteiger partial charge in [-0.1, -0.05) is 221 Å². The highest BCUT2D eigenvalue weighted by Crippen LogP contribution is 2.15. The summed E-state index contributed by atoms with van der Waals surface area (Å²) in [5.74, 6) is -0.924. The molecule has 0 aromatic carbocycles. The number of hydrogen-bond donors (Lipinski definition) is 0. The lowest BCUT2D eigenvalue weighted by atomic mass is 10.0. The first-order valence-corrected chi connectivity index (χ1v) is 26.6. The summed E-state index contributed by atoms with van der Waals surface area (Å²) in [7, 11) is 0. The third-order valence-electron chi connectivity index (χ3n) is 11.1. The lowest BCUT2D eigenvalue weighted by Crippen LogP contribution is -2.30. The maximum absolute atomic E-state index is 12.7. The molecule has 366 valence electrons. The van der Waals surface area contributed by atoms with Gasteiger partial charge in [0.25, 0.3) is 0 Å². The molecule has 6 nitrogen and oxygen atoms in total. The van der Waals surface area contributed by atoms with Crippen molar-refractivity contribution in [2.45, 2.75) is 252 Å². The Morgan fingerprint density at radius 2 is 0.609 bits per heavy atom. The second kappa shape index (κ2) is 52.2. The van der Waals surface area contributed by atoms with E-state index in [1.54, 1.807) is 0 Å². The largest absolute Gasteiger partial charge is 0.462 e. The van der Waals surface area contributed by atoms with Crippen LogP contribution in [0.25, 0.3) is 0 Å². The minimum absolute atomic E-state index is 0.0876. The molecule has 0 aromatic heterocycles. The number of carbonyl (C=O) groups is 3. The van der Waals surface area contributed by atoms with Crippen LogP contribution in [0.1, 0.15) is 245 Å². The van der Waals surface area contributed by atoms with Crippen molar-refractivity contribution in [1.82, 2.24) is 0 Å². The van der Waals surface area contributed by atoms with Gasteiger partial charge in [-0.3, -0.25) is 14.4 Å². The van der Waals surface area contributed by atoms with Gasteiger partial charge in [0.15, 0.2) is 6.10 Å². The fourth-order valence-corrected chi connectivity index (χ4v) is 7.21. The molecule has 0 aliphatic carbocycles. The molecule has 0 aliphatic rings. The molecule has 0 amide bonds. The van der Waals surface area contributed by atoms with Gasteiger partial charge in [0.2, 0.25) is 0 Å². The maximum Gasteiger partial charge on any atom is 0.306 e. The molecule has 0 fully saturated rings. The first-order chi connectivity index (χ1) is 31.5. The Labute approximate surface area is 395 Å². The summed E-state index contributed by atoms with van der Waals surface area (Å²) in [5.41, 5.74) is 0. The van der Waals surface area contributed by atoms with Crippen LogP contribution in [-0.4, -0.2) is 37.2 Å². The second-order valence-corrected chi connectivity index (χ2v) is 17.4. The van der Waals surface area contributed by atoms with Crippen molar-refractivity contribution >= 4 is 17.9 Å². The van der Waals surface area contributed by atoms with Gasteiger partial charge in [-0.15, -0.1) is 0 Å². The average molecular weight is 891 g/mol. The van der Waals surface area contributed by atoms with E-state index in [1.807, 2.05) is 0 Å². The molecule has 0 aliphatic heterocycles. The van der Waals surface area contributed by atoms with Crippen LogP contribution in [0.5, 0.6) is 0 Å². The Bertz CT molecular complexity index is 1250. The van der Waals surface area contributed by atoms with Crippen LogP contribution in [0.4, 0.5) is 0 Å². The SMILES string of the molecule is CC/C=C\C/C=C\C/C=C\C/C=C\CCCCCCCCCCCCCCC(=O)OCC(COC(=O)CCCCCCCCCC)OC(=O)CCCCC/C=C\C/C=C\C/C=C\CC. The smallest absolute Gasteiger partial charge is 0.306 e. The first kappa shape index (κ1) is 60.6. The first-order valence-electron chi connectivity index (χ1n) is 26.6. The fraction of sp³-hybridized carbons (Fsp3) is 0.707. The van der Waals surface area contributed by atoms with Gasteiger partial charge in [0.05, 0.1) is 0 Å². The zero-order chi connectivity index (χ0) is 46.5. The van der Waals surface area contributed by atoms with E-state index in [0.717, 1.165) is 109 Å². The molecule has 0 saturated carbocycles. The summed E-state index contributed by atoms with van der Waals surface area (Å²) in [6.45, 7) is 6.35. The van der Waals surface area contributed by atoms with E-state index in [-0.39, 0.29) is 31.1 Å². The molecule has 0 bridgehead atoms. The number of rotatable bonds is 47. The Hall–Kier alpha value is -3.41. The highest BCUT2D eigenvalue weighted by molar-refractivity contribution is 5.71. The van der Waals surface area contributed by atoms with Crippen LogP contribution >= 0.6 is 0 Å². The molecule has 0 N–H and O–H groups in total. The van der Waals surface area contributed by atoms with Gasteiger partial charge in [-0.05, 0) is 89.9 Å². The molecule has 1 unspecified atom stereocenters. The highest BCUT2D eigenvalue weighted by atomic mass is 16.6. The van der Waals surface area contributed by atoms with Gasteiger partial charge < -0.3 is 14.2 Å². The molecular weight excluding hydrogens is 793 g/mol. The lowest BCUT2D eigenvalue weighted by molar-refractivity contribution is -0.167. The Balaban J connectivity index is 4.20. The monoisotopic (exact) mass is 891 g/mol. The Morgan fingerprint density at radius 1 is 0.328 bits per heavy atom. The minimum atomic E-state index is -0.788. The molecule has 0 rings (SSSR count). The van der Waals surface area contributed by atoms with Crippen LogP contribution in [0.2, 0.25) is 0 Å². The van der Waals surface area contributed by atoms with Crippen LogP contribution < -0.4 is 0 Å². The summed E-state index contributed by atoms with van der Waals surface area (Å²) < 4.78 is 16.7. The van der Waals surface area contributed by atoms with Gasteiger partial charge >= 0.3 is 17.9 Å². The van der Waals surface area contributed by atoms with Crippen molar-refractivity contribution in [3.05, 3.63) is 85.1 Å². The average Bonchev–Trinajstić information content (AvgIpc) is 3.29. The summed E-state index contributed by atoms with van der Waals surface area (Å²) in [6, 6.07) is 0. The van der Waals surface area contributed by atoms with Crippen molar-refractivity contribution < 1.29 is 28.6 Å².